The molecule has 0 N–H and O–H groups in total. The third-order valence-corrected chi connectivity index (χ3v) is 3.65. The van der Waals surface area contributed by atoms with E-state index in [4.69, 9.17) is 0 Å². The van der Waals surface area contributed by atoms with Gasteiger partial charge in [0.05, 0.1) is 27.8 Å². The van der Waals surface area contributed by atoms with E-state index in [2.05, 4.69) is 20.9 Å². The maximum atomic E-state index is 13.4. The van der Waals surface area contributed by atoms with Crippen LogP contribution in [0, 0.1) is 5.95 Å². The summed E-state index contributed by atoms with van der Waals surface area (Å²) in [5, 5.41) is 0. The van der Waals surface area contributed by atoms with Crippen LogP contribution < -0.4 is 0 Å². The van der Waals surface area contributed by atoms with E-state index in [0.29, 0.717) is 16.8 Å². The Kier molecular flexibility index (Phi) is 3.10. The molecule has 1 aliphatic rings. The van der Waals surface area contributed by atoms with E-state index in [1.165, 1.54) is 6.07 Å². The molecule has 0 fully saturated rings. The van der Waals surface area contributed by atoms with E-state index in [0.717, 1.165) is 4.90 Å². The van der Waals surface area contributed by atoms with Crippen LogP contribution in [0.15, 0.2) is 40.9 Å². The van der Waals surface area contributed by atoms with Gasteiger partial charge in [-0.15, -0.1) is 0 Å². The van der Waals surface area contributed by atoms with E-state index >= 15 is 0 Å². The zero-order chi connectivity index (χ0) is 14.3. The van der Waals surface area contributed by atoms with Gasteiger partial charge in [0.25, 0.3) is 11.8 Å². The smallest absolute Gasteiger partial charge is 0.261 e. The minimum absolute atomic E-state index is 0.0451. The third kappa shape index (κ3) is 2.02. The molecule has 0 aliphatic carbocycles. The lowest BCUT2D eigenvalue weighted by Crippen LogP contribution is -2.29. The molecule has 0 saturated heterocycles. The summed E-state index contributed by atoms with van der Waals surface area (Å²) >= 11 is 3.00. The maximum absolute atomic E-state index is 13.4. The van der Waals surface area contributed by atoms with Crippen LogP contribution in [-0.2, 0) is 6.54 Å². The molecule has 0 radical (unpaired) electrons. The minimum atomic E-state index is -0.667. The second-order valence-corrected chi connectivity index (χ2v) is 5.17. The molecule has 1 aromatic heterocycles. The number of hydrogen-bond acceptors (Lipinski definition) is 3. The standard InChI is InChI=1S/C14H8BrFN2O2/c15-11-6-5-8(17-12(11)16)7-18-13(19)9-3-1-2-4-10(9)14(18)20/h1-6H,7H2. The summed E-state index contributed by atoms with van der Waals surface area (Å²) in [6, 6.07) is 9.67. The number of pyridine rings is 1. The van der Waals surface area contributed by atoms with Crippen molar-refractivity contribution in [3.05, 3.63) is 63.6 Å². The first kappa shape index (κ1) is 12.9. The van der Waals surface area contributed by atoms with Crippen LogP contribution >= 0.6 is 15.9 Å². The summed E-state index contributed by atoms with van der Waals surface area (Å²) in [4.78, 5) is 29.1. The molecule has 1 aliphatic heterocycles. The Bertz CT molecular complexity index is 698. The Balaban J connectivity index is 1.91. The Hall–Kier alpha value is -2.08. The normalized spacial score (nSPS) is 13.8. The van der Waals surface area contributed by atoms with Crippen molar-refractivity contribution < 1.29 is 14.0 Å². The SMILES string of the molecule is O=C1c2ccccc2C(=O)N1Cc1ccc(Br)c(F)n1. The van der Waals surface area contributed by atoms with Gasteiger partial charge in [-0.25, -0.2) is 4.98 Å². The van der Waals surface area contributed by atoms with E-state index in [1.54, 1.807) is 30.3 Å². The Labute approximate surface area is 122 Å². The number of carbonyl (C=O) groups excluding carboxylic acids is 2. The van der Waals surface area contributed by atoms with E-state index in [9.17, 15) is 14.0 Å². The van der Waals surface area contributed by atoms with E-state index in [1.807, 2.05) is 0 Å². The number of hydrogen-bond donors (Lipinski definition) is 0. The number of imide groups is 1. The van der Waals surface area contributed by atoms with Crippen LogP contribution in [-0.4, -0.2) is 21.7 Å². The lowest BCUT2D eigenvalue weighted by atomic mass is 10.1. The van der Waals surface area contributed by atoms with Crippen molar-refractivity contribution >= 4 is 27.7 Å². The summed E-state index contributed by atoms with van der Waals surface area (Å²) in [7, 11) is 0. The van der Waals surface area contributed by atoms with Gasteiger partial charge in [0.1, 0.15) is 0 Å². The van der Waals surface area contributed by atoms with Crippen LogP contribution in [0.4, 0.5) is 4.39 Å². The highest BCUT2D eigenvalue weighted by Gasteiger charge is 2.35. The van der Waals surface area contributed by atoms with Gasteiger partial charge in [-0.2, -0.15) is 4.39 Å². The summed E-state index contributed by atoms with van der Waals surface area (Å²) in [6.45, 7) is -0.0451. The molecular weight excluding hydrogens is 327 g/mol. The van der Waals surface area contributed by atoms with Crippen molar-refractivity contribution in [2.24, 2.45) is 0 Å². The summed E-state index contributed by atoms with van der Waals surface area (Å²) in [6.07, 6.45) is 0. The zero-order valence-corrected chi connectivity index (χ0v) is 11.7. The highest BCUT2D eigenvalue weighted by Crippen LogP contribution is 2.24. The molecule has 0 bridgehead atoms. The fraction of sp³-hybridized carbons (Fsp3) is 0.0714. The van der Waals surface area contributed by atoms with Gasteiger partial charge in [-0.05, 0) is 40.2 Å². The molecule has 6 heteroatoms. The first-order valence-electron chi connectivity index (χ1n) is 5.84. The van der Waals surface area contributed by atoms with Crippen LogP contribution in [0.2, 0.25) is 0 Å². The van der Waals surface area contributed by atoms with Crippen molar-refractivity contribution in [1.82, 2.24) is 9.88 Å². The predicted molar refractivity (Wildman–Crippen MR) is 72.5 cm³/mol. The van der Waals surface area contributed by atoms with Crippen LogP contribution in [0.5, 0.6) is 0 Å². The van der Waals surface area contributed by atoms with Gasteiger partial charge in [-0.1, -0.05) is 12.1 Å². The summed E-state index contributed by atoms with van der Waals surface area (Å²) < 4.78 is 13.6. The average Bonchev–Trinajstić information content (AvgIpc) is 2.69. The number of nitrogens with zero attached hydrogens (tertiary/aromatic N) is 2. The van der Waals surface area contributed by atoms with Gasteiger partial charge in [0.2, 0.25) is 5.95 Å². The predicted octanol–water partition coefficient (Wildman–Crippen LogP) is 2.78. The zero-order valence-electron chi connectivity index (χ0n) is 10.1. The van der Waals surface area contributed by atoms with Crippen molar-refractivity contribution in [3.63, 3.8) is 0 Å². The molecule has 2 amide bonds. The number of amides is 2. The van der Waals surface area contributed by atoms with Crippen LogP contribution in [0.25, 0.3) is 0 Å². The summed E-state index contributed by atoms with van der Waals surface area (Å²) in [5.41, 5.74) is 1.06. The molecule has 2 aromatic rings. The fourth-order valence-corrected chi connectivity index (χ4v) is 2.31. The van der Waals surface area contributed by atoms with Crippen molar-refractivity contribution in [2.75, 3.05) is 0 Å². The highest BCUT2D eigenvalue weighted by molar-refractivity contribution is 9.10. The van der Waals surface area contributed by atoms with Gasteiger partial charge >= 0.3 is 0 Å². The molecule has 0 unspecified atom stereocenters. The first-order valence-corrected chi connectivity index (χ1v) is 6.63. The Morgan fingerprint density at radius 1 is 1.05 bits per heavy atom. The first-order chi connectivity index (χ1) is 9.58. The van der Waals surface area contributed by atoms with Crippen LogP contribution in [0.3, 0.4) is 0 Å². The number of rotatable bonds is 2. The Morgan fingerprint density at radius 2 is 1.65 bits per heavy atom. The van der Waals surface area contributed by atoms with E-state index in [-0.39, 0.29) is 22.8 Å². The second kappa shape index (κ2) is 4.79. The molecule has 0 spiro atoms. The molecule has 0 atom stereocenters. The monoisotopic (exact) mass is 334 g/mol. The fourth-order valence-electron chi connectivity index (χ4n) is 2.09. The topological polar surface area (TPSA) is 50.3 Å². The lowest BCUT2D eigenvalue weighted by molar-refractivity contribution is 0.0640. The molecule has 100 valence electrons. The van der Waals surface area contributed by atoms with Gasteiger partial charge in [-0.3, -0.25) is 14.5 Å². The van der Waals surface area contributed by atoms with Gasteiger partial charge < -0.3 is 0 Å². The third-order valence-electron chi connectivity index (χ3n) is 3.06. The number of aromatic nitrogens is 1. The highest BCUT2D eigenvalue weighted by atomic mass is 79.9. The lowest BCUT2D eigenvalue weighted by Gasteiger charge is -2.13. The minimum Gasteiger partial charge on any atom is -0.269 e. The maximum Gasteiger partial charge on any atom is 0.261 e. The quantitative estimate of drug-likeness (QED) is 0.626. The number of fused-ring (bicyclic) bond motifs is 1. The van der Waals surface area contributed by atoms with Gasteiger partial charge in [0.15, 0.2) is 0 Å². The van der Waals surface area contributed by atoms with E-state index < -0.39 is 5.95 Å². The average molecular weight is 335 g/mol. The largest absolute Gasteiger partial charge is 0.269 e. The number of halogens is 2. The van der Waals surface area contributed by atoms with Gasteiger partial charge in [0, 0.05) is 0 Å². The molecule has 20 heavy (non-hydrogen) atoms. The Morgan fingerprint density at radius 3 is 2.20 bits per heavy atom. The molecule has 3 rings (SSSR count). The molecule has 2 heterocycles. The number of benzene rings is 1. The van der Waals surface area contributed by atoms with Crippen LogP contribution in [0.1, 0.15) is 26.4 Å². The second-order valence-electron chi connectivity index (χ2n) is 4.32. The van der Waals surface area contributed by atoms with Crippen molar-refractivity contribution in [2.45, 2.75) is 6.54 Å². The molecular formula is C14H8BrFN2O2. The van der Waals surface area contributed by atoms with Crippen molar-refractivity contribution in [3.8, 4) is 0 Å². The number of carbonyl (C=O) groups is 2. The molecule has 4 nitrogen and oxygen atoms in total. The molecule has 1 aromatic carbocycles. The van der Waals surface area contributed by atoms with Crippen molar-refractivity contribution in [1.29, 1.82) is 0 Å². The molecule has 0 saturated carbocycles. The summed E-state index contributed by atoms with van der Waals surface area (Å²) in [5.74, 6) is -1.43.